The summed E-state index contributed by atoms with van der Waals surface area (Å²) in [5, 5.41) is 2.76. The molecule has 1 aliphatic heterocycles. The summed E-state index contributed by atoms with van der Waals surface area (Å²) in [6.07, 6.45) is 0.831. The Labute approximate surface area is 169 Å². The van der Waals surface area contributed by atoms with Gasteiger partial charge in [-0.15, -0.1) is 0 Å². The largest absolute Gasteiger partial charge is 0.357 e. The maximum atomic E-state index is 13.3. The minimum Gasteiger partial charge on any atom is -0.357 e. The standard InChI is InChI=1S/C22H23N5O2/c1-15(28)23-14-16-8-10-17(11-9-16)22(29)27-13-5-12-26(2)20-21(27)25-19-7-4-3-6-18(19)24-20/h3-4,6-11H,5,12-14H2,1-2H3,(H,23,28). The Morgan fingerprint density at radius 1 is 0.966 bits per heavy atom. The normalized spacial score (nSPS) is 13.7. The first-order valence-electron chi connectivity index (χ1n) is 9.66. The number of anilines is 2. The number of carbonyl (C=O) groups excluding carboxylic acids is 2. The maximum Gasteiger partial charge on any atom is 0.259 e. The molecule has 7 heteroatoms. The summed E-state index contributed by atoms with van der Waals surface area (Å²) in [4.78, 5) is 37.7. The van der Waals surface area contributed by atoms with Gasteiger partial charge in [-0.3, -0.25) is 14.5 Å². The molecular formula is C22H23N5O2. The molecule has 1 aliphatic rings. The maximum absolute atomic E-state index is 13.3. The molecule has 0 bridgehead atoms. The number of para-hydroxylation sites is 2. The van der Waals surface area contributed by atoms with E-state index >= 15 is 0 Å². The molecule has 2 heterocycles. The van der Waals surface area contributed by atoms with Crippen LogP contribution in [0.4, 0.5) is 11.6 Å². The molecule has 1 N–H and O–H groups in total. The molecule has 148 valence electrons. The van der Waals surface area contributed by atoms with Crippen LogP contribution in [0.1, 0.15) is 29.3 Å². The molecule has 3 aromatic rings. The molecule has 7 nitrogen and oxygen atoms in total. The number of hydrogen-bond acceptors (Lipinski definition) is 5. The highest BCUT2D eigenvalue weighted by Gasteiger charge is 2.27. The number of hydrogen-bond donors (Lipinski definition) is 1. The van der Waals surface area contributed by atoms with Gasteiger partial charge in [0, 0.05) is 39.2 Å². The molecule has 0 atom stereocenters. The quantitative estimate of drug-likeness (QED) is 0.745. The van der Waals surface area contributed by atoms with Crippen LogP contribution in [0.5, 0.6) is 0 Å². The van der Waals surface area contributed by atoms with Crippen molar-refractivity contribution in [2.45, 2.75) is 19.9 Å². The molecule has 0 unspecified atom stereocenters. The van der Waals surface area contributed by atoms with Crippen molar-refractivity contribution in [2.24, 2.45) is 0 Å². The second-order valence-electron chi connectivity index (χ2n) is 7.20. The summed E-state index contributed by atoms with van der Waals surface area (Å²) in [6, 6.07) is 15.0. The molecule has 0 radical (unpaired) electrons. The minimum absolute atomic E-state index is 0.0822. The first kappa shape index (κ1) is 18.9. The molecule has 0 fully saturated rings. The zero-order valence-corrected chi connectivity index (χ0v) is 16.6. The number of rotatable bonds is 3. The summed E-state index contributed by atoms with van der Waals surface area (Å²) in [5.41, 5.74) is 3.11. The van der Waals surface area contributed by atoms with Crippen molar-refractivity contribution >= 4 is 34.5 Å². The predicted octanol–water partition coefficient (Wildman–Crippen LogP) is 2.75. The number of aromatic nitrogens is 2. The molecule has 2 amide bonds. The first-order chi connectivity index (χ1) is 14.0. The molecule has 0 aliphatic carbocycles. The summed E-state index contributed by atoms with van der Waals surface area (Å²) in [7, 11) is 1.98. The summed E-state index contributed by atoms with van der Waals surface area (Å²) < 4.78 is 0. The van der Waals surface area contributed by atoms with Gasteiger partial charge in [-0.2, -0.15) is 0 Å². The van der Waals surface area contributed by atoms with E-state index in [0.717, 1.165) is 35.4 Å². The van der Waals surface area contributed by atoms with Crippen LogP contribution in [0.3, 0.4) is 0 Å². The van der Waals surface area contributed by atoms with E-state index < -0.39 is 0 Å². The van der Waals surface area contributed by atoms with E-state index in [9.17, 15) is 9.59 Å². The van der Waals surface area contributed by atoms with Gasteiger partial charge >= 0.3 is 0 Å². The van der Waals surface area contributed by atoms with E-state index in [1.807, 2.05) is 43.4 Å². The minimum atomic E-state index is -0.0998. The molecule has 0 saturated heterocycles. The van der Waals surface area contributed by atoms with E-state index in [1.165, 1.54) is 6.92 Å². The number of nitrogens with one attached hydrogen (secondary N) is 1. The molecule has 0 saturated carbocycles. The van der Waals surface area contributed by atoms with Gasteiger partial charge in [-0.05, 0) is 36.2 Å². The Kier molecular flexibility index (Phi) is 5.12. The molecule has 1 aromatic heterocycles. The highest BCUT2D eigenvalue weighted by Crippen LogP contribution is 2.31. The molecular weight excluding hydrogens is 366 g/mol. The highest BCUT2D eigenvalue weighted by atomic mass is 16.2. The van der Waals surface area contributed by atoms with Gasteiger partial charge < -0.3 is 10.2 Å². The van der Waals surface area contributed by atoms with Gasteiger partial charge in [-0.25, -0.2) is 9.97 Å². The van der Waals surface area contributed by atoms with Crippen molar-refractivity contribution in [2.75, 3.05) is 29.9 Å². The fourth-order valence-corrected chi connectivity index (χ4v) is 3.44. The van der Waals surface area contributed by atoms with Crippen molar-refractivity contribution in [3.05, 3.63) is 59.7 Å². The lowest BCUT2D eigenvalue weighted by atomic mass is 10.1. The fourth-order valence-electron chi connectivity index (χ4n) is 3.44. The van der Waals surface area contributed by atoms with E-state index in [0.29, 0.717) is 24.5 Å². The Bertz CT molecular complexity index is 1060. The van der Waals surface area contributed by atoms with Gasteiger partial charge in [0.05, 0.1) is 11.0 Å². The Balaban J connectivity index is 1.67. The average molecular weight is 389 g/mol. The Hall–Kier alpha value is -3.48. The van der Waals surface area contributed by atoms with Crippen molar-refractivity contribution < 1.29 is 9.59 Å². The van der Waals surface area contributed by atoms with Crippen LogP contribution in [0, 0.1) is 0 Å². The van der Waals surface area contributed by atoms with Crippen LogP contribution in [0.25, 0.3) is 11.0 Å². The Morgan fingerprint density at radius 2 is 1.62 bits per heavy atom. The first-order valence-corrected chi connectivity index (χ1v) is 9.66. The topological polar surface area (TPSA) is 78.4 Å². The van der Waals surface area contributed by atoms with Crippen molar-refractivity contribution in [1.29, 1.82) is 0 Å². The Morgan fingerprint density at radius 3 is 2.28 bits per heavy atom. The van der Waals surface area contributed by atoms with E-state index in [2.05, 4.69) is 10.2 Å². The van der Waals surface area contributed by atoms with E-state index in [-0.39, 0.29) is 11.8 Å². The van der Waals surface area contributed by atoms with Crippen LogP contribution in [-0.4, -0.2) is 41.9 Å². The number of nitrogens with zero attached hydrogens (tertiary/aromatic N) is 4. The monoisotopic (exact) mass is 389 g/mol. The van der Waals surface area contributed by atoms with E-state index in [1.54, 1.807) is 17.0 Å². The lowest BCUT2D eigenvalue weighted by Gasteiger charge is -2.23. The SMILES string of the molecule is CC(=O)NCc1ccc(C(=O)N2CCCN(C)c3nc4ccccc4nc32)cc1. The second kappa shape index (κ2) is 7.87. The third kappa shape index (κ3) is 3.89. The highest BCUT2D eigenvalue weighted by molar-refractivity contribution is 6.07. The fraction of sp³-hybridized carbons (Fsp3) is 0.273. The average Bonchev–Trinajstić information content (AvgIpc) is 2.89. The van der Waals surface area contributed by atoms with Crippen LogP contribution >= 0.6 is 0 Å². The van der Waals surface area contributed by atoms with Gasteiger partial charge in [-0.1, -0.05) is 24.3 Å². The number of benzene rings is 2. The van der Waals surface area contributed by atoms with Gasteiger partial charge in [0.25, 0.3) is 5.91 Å². The third-order valence-corrected chi connectivity index (χ3v) is 5.01. The van der Waals surface area contributed by atoms with Crippen molar-refractivity contribution in [1.82, 2.24) is 15.3 Å². The smallest absolute Gasteiger partial charge is 0.259 e. The number of carbonyl (C=O) groups is 2. The van der Waals surface area contributed by atoms with Gasteiger partial charge in [0.1, 0.15) is 0 Å². The van der Waals surface area contributed by atoms with Crippen LogP contribution in [0.15, 0.2) is 48.5 Å². The third-order valence-electron chi connectivity index (χ3n) is 5.01. The summed E-state index contributed by atoms with van der Waals surface area (Å²) >= 11 is 0. The molecule has 0 spiro atoms. The van der Waals surface area contributed by atoms with Gasteiger partial charge in [0.15, 0.2) is 11.6 Å². The second-order valence-corrected chi connectivity index (χ2v) is 7.20. The number of amides is 2. The summed E-state index contributed by atoms with van der Waals surface area (Å²) in [5.74, 6) is 1.13. The predicted molar refractivity (Wildman–Crippen MR) is 113 cm³/mol. The molecule has 29 heavy (non-hydrogen) atoms. The molecule has 4 rings (SSSR count). The lowest BCUT2D eigenvalue weighted by molar-refractivity contribution is -0.119. The van der Waals surface area contributed by atoms with Crippen LogP contribution in [0.2, 0.25) is 0 Å². The zero-order valence-electron chi connectivity index (χ0n) is 16.6. The van der Waals surface area contributed by atoms with Crippen molar-refractivity contribution in [3.8, 4) is 0 Å². The zero-order chi connectivity index (χ0) is 20.4. The van der Waals surface area contributed by atoms with Crippen LogP contribution in [-0.2, 0) is 11.3 Å². The molecule has 2 aromatic carbocycles. The van der Waals surface area contributed by atoms with Crippen molar-refractivity contribution in [3.63, 3.8) is 0 Å². The van der Waals surface area contributed by atoms with Crippen LogP contribution < -0.4 is 15.1 Å². The van der Waals surface area contributed by atoms with Gasteiger partial charge in [0.2, 0.25) is 5.91 Å². The van der Waals surface area contributed by atoms with E-state index in [4.69, 9.17) is 9.97 Å². The lowest BCUT2D eigenvalue weighted by Crippen LogP contribution is -2.32. The number of fused-ring (bicyclic) bond motifs is 2. The summed E-state index contributed by atoms with van der Waals surface area (Å²) in [6.45, 7) is 3.31.